The first-order valence-electron chi connectivity index (χ1n) is 5.98. The molecule has 110 valence electrons. The molecule has 21 heavy (non-hydrogen) atoms. The zero-order valence-electron chi connectivity index (χ0n) is 11.3. The fourth-order valence-electron chi connectivity index (χ4n) is 1.88. The van der Waals surface area contributed by atoms with Gasteiger partial charge >= 0.3 is 6.03 Å². The van der Waals surface area contributed by atoms with Crippen molar-refractivity contribution in [1.29, 1.82) is 0 Å². The summed E-state index contributed by atoms with van der Waals surface area (Å²) in [5.74, 6) is -4.79. The maximum atomic E-state index is 12.8. The minimum Gasteiger partial charge on any atom is -0.325 e. The molecule has 1 saturated heterocycles. The van der Waals surface area contributed by atoms with Crippen LogP contribution < -0.4 is 5.32 Å². The first-order valence-corrected chi connectivity index (χ1v) is 5.98. The van der Waals surface area contributed by atoms with E-state index in [-0.39, 0.29) is 5.69 Å². The van der Waals surface area contributed by atoms with Crippen molar-refractivity contribution in [2.75, 3.05) is 19.4 Å². The second-order valence-corrected chi connectivity index (χ2v) is 4.51. The van der Waals surface area contributed by atoms with Crippen LogP contribution in [0.1, 0.15) is 0 Å². The summed E-state index contributed by atoms with van der Waals surface area (Å²) in [5, 5.41) is 2.34. The molecule has 1 aromatic carbocycles. The minimum atomic E-state index is -1.64. The third kappa shape index (κ3) is 2.60. The van der Waals surface area contributed by atoms with Gasteiger partial charge in [-0.2, -0.15) is 0 Å². The maximum absolute atomic E-state index is 12.8. The van der Waals surface area contributed by atoms with Gasteiger partial charge in [-0.15, -0.1) is 0 Å². The van der Waals surface area contributed by atoms with E-state index in [0.29, 0.717) is 9.80 Å². The van der Waals surface area contributed by atoms with Gasteiger partial charge in [0.1, 0.15) is 5.82 Å². The Labute approximate surface area is 119 Å². The number of imide groups is 2. The Hall–Kier alpha value is -2.77. The number of nitrogens with one attached hydrogen (secondary N) is 1. The number of anilines is 1. The van der Waals surface area contributed by atoms with E-state index in [1.54, 1.807) is 0 Å². The number of hydrogen-bond acceptors (Lipinski definition) is 4. The Morgan fingerprint density at radius 2 is 1.52 bits per heavy atom. The molecule has 0 bridgehead atoms. The molecule has 1 aromatic rings. The Kier molecular flexibility index (Phi) is 3.70. The van der Waals surface area contributed by atoms with Crippen LogP contribution in [0.15, 0.2) is 24.3 Å². The highest BCUT2D eigenvalue weighted by atomic mass is 19.1. The molecule has 0 saturated carbocycles. The lowest BCUT2D eigenvalue weighted by Crippen LogP contribution is -2.59. The van der Waals surface area contributed by atoms with Crippen molar-refractivity contribution in [1.82, 2.24) is 9.80 Å². The third-order valence-corrected chi connectivity index (χ3v) is 3.10. The van der Waals surface area contributed by atoms with Gasteiger partial charge in [0.25, 0.3) is 11.8 Å². The van der Waals surface area contributed by atoms with Crippen molar-refractivity contribution in [3.63, 3.8) is 0 Å². The number of halogens is 1. The monoisotopic (exact) mass is 293 g/mol. The molecular formula is C13H12FN3O4. The van der Waals surface area contributed by atoms with Crippen molar-refractivity contribution < 1.29 is 23.6 Å². The summed E-state index contributed by atoms with van der Waals surface area (Å²) in [7, 11) is 2.37. The molecule has 0 radical (unpaired) electrons. The average Bonchev–Trinajstić information content (AvgIpc) is 2.46. The summed E-state index contributed by atoms with van der Waals surface area (Å²) in [6.45, 7) is 0. The van der Waals surface area contributed by atoms with Crippen LogP contribution in [-0.2, 0) is 14.4 Å². The first-order chi connectivity index (χ1) is 9.82. The Balaban J connectivity index is 2.21. The van der Waals surface area contributed by atoms with Crippen molar-refractivity contribution in [2.45, 2.75) is 0 Å². The molecule has 1 fully saturated rings. The van der Waals surface area contributed by atoms with Crippen LogP contribution in [0, 0.1) is 11.7 Å². The molecular weight excluding hydrogens is 281 g/mol. The average molecular weight is 293 g/mol. The molecule has 1 aliphatic heterocycles. The number of benzene rings is 1. The maximum Gasteiger partial charge on any atom is 0.332 e. The molecule has 2 rings (SSSR count). The highest BCUT2D eigenvalue weighted by Gasteiger charge is 2.46. The van der Waals surface area contributed by atoms with Crippen molar-refractivity contribution in [2.24, 2.45) is 5.92 Å². The molecule has 1 N–H and O–H groups in total. The molecule has 0 atom stereocenters. The molecule has 0 spiro atoms. The van der Waals surface area contributed by atoms with E-state index in [9.17, 15) is 23.6 Å². The largest absolute Gasteiger partial charge is 0.332 e. The van der Waals surface area contributed by atoms with Gasteiger partial charge in [0.2, 0.25) is 5.91 Å². The van der Waals surface area contributed by atoms with Gasteiger partial charge in [0, 0.05) is 19.8 Å². The van der Waals surface area contributed by atoms with Gasteiger partial charge in [0.15, 0.2) is 5.92 Å². The number of hydrogen-bond donors (Lipinski definition) is 1. The molecule has 0 aromatic heterocycles. The fourth-order valence-corrected chi connectivity index (χ4v) is 1.88. The number of carbonyl (C=O) groups is 4. The minimum absolute atomic E-state index is 0.240. The zero-order valence-corrected chi connectivity index (χ0v) is 11.3. The number of rotatable bonds is 2. The molecule has 1 aliphatic rings. The zero-order chi connectivity index (χ0) is 15.7. The summed E-state index contributed by atoms with van der Waals surface area (Å²) >= 11 is 0. The van der Waals surface area contributed by atoms with Crippen LogP contribution in [0.25, 0.3) is 0 Å². The third-order valence-electron chi connectivity index (χ3n) is 3.10. The number of amides is 5. The van der Waals surface area contributed by atoms with Crippen LogP contribution in [0.2, 0.25) is 0 Å². The van der Waals surface area contributed by atoms with Crippen molar-refractivity contribution in [3.8, 4) is 0 Å². The number of barbiturate groups is 1. The second-order valence-electron chi connectivity index (χ2n) is 4.51. The van der Waals surface area contributed by atoms with E-state index in [2.05, 4.69) is 5.32 Å². The highest BCUT2D eigenvalue weighted by molar-refractivity contribution is 6.27. The number of carbonyl (C=O) groups excluding carboxylic acids is 4. The predicted molar refractivity (Wildman–Crippen MR) is 69.5 cm³/mol. The fraction of sp³-hybridized carbons (Fsp3) is 0.231. The standard InChI is InChI=1S/C13H12FN3O4/c1-16-11(19)9(12(20)17(2)13(16)21)10(18)15-8-5-3-7(14)4-6-8/h3-6,9H,1-2H3,(H,15,18). The summed E-state index contributed by atoms with van der Waals surface area (Å²) in [6.07, 6.45) is 0. The smallest absolute Gasteiger partial charge is 0.325 e. The van der Waals surface area contributed by atoms with Gasteiger partial charge < -0.3 is 5.32 Å². The lowest BCUT2D eigenvalue weighted by Gasteiger charge is -2.31. The summed E-state index contributed by atoms with van der Waals surface area (Å²) < 4.78 is 12.8. The van der Waals surface area contributed by atoms with E-state index in [4.69, 9.17) is 0 Å². The predicted octanol–water partition coefficient (Wildman–Crippen LogP) is 0.431. The van der Waals surface area contributed by atoms with Crippen LogP contribution in [0.4, 0.5) is 14.9 Å². The number of nitrogens with zero attached hydrogens (tertiary/aromatic N) is 2. The lowest BCUT2D eigenvalue weighted by atomic mass is 10.0. The van der Waals surface area contributed by atoms with E-state index >= 15 is 0 Å². The van der Waals surface area contributed by atoms with Gasteiger partial charge in [-0.1, -0.05) is 0 Å². The highest BCUT2D eigenvalue weighted by Crippen LogP contribution is 2.18. The Bertz CT molecular complexity index is 605. The van der Waals surface area contributed by atoms with E-state index in [1.807, 2.05) is 0 Å². The summed E-state index contributed by atoms with van der Waals surface area (Å²) in [5.41, 5.74) is 0.240. The van der Waals surface area contributed by atoms with Gasteiger partial charge in [-0.25, -0.2) is 9.18 Å². The van der Waals surface area contributed by atoms with E-state index < -0.39 is 35.5 Å². The SMILES string of the molecule is CN1C(=O)C(C(=O)Nc2ccc(F)cc2)C(=O)N(C)C1=O. The summed E-state index contributed by atoms with van der Waals surface area (Å²) in [6, 6.07) is 4.05. The Morgan fingerprint density at radius 3 is 2.00 bits per heavy atom. The van der Waals surface area contributed by atoms with E-state index in [1.165, 1.54) is 26.2 Å². The van der Waals surface area contributed by atoms with Crippen LogP contribution in [0.5, 0.6) is 0 Å². The number of urea groups is 1. The summed E-state index contributed by atoms with van der Waals surface area (Å²) in [4.78, 5) is 48.8. The molecule has 7 nitrogen and oxygen atoms in total. The normalized spacial score (nSPS) is 16.4. The quantitative estimate of drug-likeness (QED) is 0.801. The van der Waals surface area contributed by atoms with Crippen LogP contribution in [-0.4, -0.2) is 47.6 Å². The Morgan fingerprint density at radius 1 is 1.05 bits per heavy atom. The molecule has 1 heterocycles. The second kappa shape index (κ2) is 5.31. The lowest BCUT2D eigenvalue weighted by molar-refractivity contribution is -0.151. The molecule has 0 unspecified atom stereocenters. The van der Waals surface area contributed by atoms with Crippen molar-refractivity contribution in [3.05, 3.63) is 30.1 Å². The molecule has 8 heteroatoms. The molecule has 0 aliphatic carbocycles. The van der Waals surface area contributed by atoms with E-state index in [0.717, 1.165) is 12.1 Å². The first kappa shape index (κ1) is 14.6. The van der Waals surface area contributed by atoms with Gasteiger partial charge in [-0.05, 0) is 24.3 Å². The van der Waals surface area contributed by atoms with Gasteiger partial charge in [-0.3, -0.25) is 24.2 Å². The molecule has 5 amide bonds. The van der Waals surface area contributed by atoms with Crippen LogP contribution >= 0.6 is 0 Å². The topological polar surface area (TPSA) is 86.8 Å². The van der Waals surface area contributed by atoms with Gasteiger partial charge in [0.05, 0.1) is 0 Å². The van der Waals surface area contributed by atoms with Crippen LogP contribution in [0.3, 0.4) is 0 Å². The van der Waals surface area contributed by atoms with Crippen molar-refractivity contribution >= 4 is 29.4 Å².